The van der Waals surface area contributed by atoms with E-state index in [1.807, 2.05) is 24.3 Å². The van der Waals surface area contributed by atoms with Gasteiger partial charge in [-0.15, -0.1) is 5.10 Å². The van der Waals surface area contributed by atoms with E-state index in [4.69, 9.17) is 10.00 Å². The Balaban J connectivity index is 1.39. The molecule has 24 heavy (non-hydrogen) atoms. The summed E-state index contributed by atoms with van der Waals surface area (Å²) in [7, 11) is 0. The van der Waals surface area contributed by atoms with Crippen molar-refractivity contribution in [2.75, 3.05) is 31.1 Å². The molecule has 2 aromatic rings. The molecule has 1 saturated heterocycles. The third-order valence-corrected chi connectivity index (χ3v) is 4.14. The molecule has 0 spiro atoms. The van der Waals surface area contributed by atoms with Crippen LogP contribution in [-0.4, -0.2) is 42.5 Å². The van der Waals surface area contributed by atoms with E-state index in [-0.39, 0.29) is 0 Å². The first-order chi connectivity index (χ1) is 11.9. The Labute approximate surface area is 142 Å². The second kappa shape index (κ2) is 8.27. The van der Waals surface area contributed by atoms with Crippen LogP contribution >= 0.6 is 0 Å². The minimum Gasteiger partial charge on any atom is -0.492 e. The number of ether oxygens (including phenoxy) is 1. The first kappa shape index (κ1) is 16.2. The van der Waals surface area contributed by atoms with Crippen molar-refractivity contribution in [2.24, 2.45) is 0 Å². The number of nitrogens with zero attached hydrogens (tertiary/aromatic N) is 4. The van der Waals surface area contributed by atoms with Crippen LogP contribution in [0.4, 0.5) is 5.82 Å². The van der Waals surface area contributed by atoms with Gasteiger partial charge in [0.15, 0.2) is 5.82 Å². The fourth-order valence-electron chi connectivity index (χ4n) is 2.93. The first-order valence-electron chi connectivity index (χ1n) is 8.25. The highest BCUT2D eigenvalue weighted by Gasteiger charge is 2.25. The number of rotatable bonds is 7. The van der Waals surface area contributed by atoms with Crippen LogP contribution in [0.5, 0.6) is 5.75 Å². The van der Waals surface area contributed by atoms with Crippen LogP contribution in [0, 0.1) is 11.3 Å². The maximum atomic E-state index is 8.77. The quantitative estimate of drug-likeness (QED) is 0.786. The molecular weight excluding hydrogens is 302 g/mol. The number of nitriles is 1. The van der Waals surface area contributed by atoms with Gasteiger partial charge in [0.2, 0.25) is 0 Å². The molecule has 1 atom stereocenters. The van der Waals surface area contributed by atoms with Gasteiger partial charge in [-0.25, -0.2) is 0 Å². The minimum atomic E-state index is 0.455. The lowest BCUT2D eigenvalue weighted by molar-refractivity contribution is 0.312. The summed E-state index contributed by atoms with van der Waals surface area (Å²) in [5, 5.41) is 20.4. The number of nitrogens with one attached hydrogen (secondary N) is 1. The SMILES string of the molecule is N#Cc1ccc(OCCNC[C@H]2CCCN2c2cccnn2)cc1. The summed E-state index contributed by atoms with van der Waals surface area (Å²) in [6.07, 6.45) is 4.05. The van der Waals surface area contributed by atoms with Crippen molar-refractivity contribution in [3.8, 4) is 11.8 Å². The van der Waals surface area contributed by atoms with E-state index in [1.165, 1.54) is 12.8 Å². The van der Waals surface area contributed by atoms with Gasteiger partial charge in [0.1, 0.15) is 12.4 Å². The van der Waals surface area contributed by atoms with Crippen molar-refractivity contribution in [3.63, 3.8) is 0 Å². The Morgan fingerprint density at radius 2 is 2.17 bits per heavy atom. The average molecular weight is 323 g/mol. The lowest BCUT2D eigenvalue weighted by atomic mass is 10.2. The number of benzene rings is 1. The predicted molar refractivity (Wildman–Crippen MR) is 91.9 cm³/mol. The molecule has 2 heterocycles. The van der Waals surface area contributed by atoms with Crippen LogP contribution in [0.15, 0.2) is 42.6 Å². The Hall–Kier alpha value is -2.65. The van der Waals surface area contributed by atoms with Crippen molar-refractivity contribution in [1.82, 2.24) is 15.5 Å². The molecule has 1 fully saturated rings. The molecule has 0 amide bonds. The molecular formula is C18H21N5O. The molecule has 0 radical (unpaired) electrons. The van der Waals surface area contributed by atoms with Crippen LogP contribution in [0.1, 0.15) is 18.4 Å². The standard InChI is InChI=1S/C18H21N5O/c19-13-15-5-7-17(8-6-15)24-12-10-20-14-16-3-2-11-23(16)18-4-1-9-21-22-18/h1,4-9,16,20H,2-3,10-12,14H2/t16-/m1/s1. The molecule has 1 aromatic carbocycles. The Morgan fingerprint density at radius 3 is 2.92 bits per heavy atom. The van der Waals surface area contributed by atoms with Crippen LogP contribution in [0.2, 0.25) is 0 Å². The maximum absolute atomic E-state index is 8.77. The summed E-state index contributed by atoms with van der Waals surface area (Å²) in [5.41, 5.74) is 0.644. The Bertz CT molecular complexity index is 668. The average Bonchev–Trinajstić information content (AvgIpc) is 3.11. The fraction of sp³-hybridized carbons (Fsp3) is 0.389. The van der Waals surface area contributed by atoms with E-state index in [0.29, 0.717) is 18.2 Å². The van der Waals surface area contributed by atoms with Gasteiger partial charge in [-0.2, -0.15) is 10.4 Å². The van der Waals surface area contributed by atoms with Gasteiger partial charge in [0.05, 0.1) is 11.6 Å². The van der Waals surface area contributed by atoms with E-state index < -0.39 is 0 Å². The molecule has 6 heteroatoms. The van der Waals surface area contributed by atoms with Gasteiger partial charge in [0.25, 0.3) is 0 Å². The third kappa shape index (κ3) is 4.21. The van der Waals surface area contributed by atoms with Crippen LogP contribution in [0.3, 0.4) is 0 Å². The summed E-state index contributed by atoms with van der Waals surface area (Å²) in [5.74, 6) is 1.74. The molecule has 0 aliphatic carbocycles. The second-order valence-corrected chi connectivity index (χ2v) is 5.76. The molecule has 0 saturated carbocycles. The third-order valence-electron chi connectivity index (χ3n) is 4.14. The summed E-state index contributed by atoms with van der Waals surface area (Å²) in [6, 6.07) is 13.7. The largest absolute Gasteiger partial charge is 0.492 e. The normalized spacial score (nSPS) is 16.8. The van der Waals surface area contributed by atoms with Gasteiger partial charge in [-0.3, -0.25) is 0 Å². The van der Waals surface area contributed by atoms with E-state index in [1.54, 1.807) is 18.3 Å². The summed E-state index contributed by atoms with van der Waals surface area (Å²) in [6.45, 7) is 3.33. The number of aromatic nitrogens is 2. The van der Waals surface area contributed by atoms with Crippen molar-refractivity contribution < 1.29 is 4.74 Å². The topological polar surface area (TPSA) is 74.1 Å². The molecule has 1 aromatic heterocycles. The Morgan fingerprint density at radius 1 is 1.29 bits per heavy atom. The van der Waals surface area contributed by atoms with Crippen LogP contribution < -0.4 is 15.0 Å². The van der Waals surface area contributed by atoms with E-state index in [2.05, 4.69) is 26.5 Å². The molecule has 124 valence electrons. The van der Waals surface area contributed by atoms with Gasteiger partial charge >= 0.3 is 0 Å². The zero-order valence-corrected chi connectivity index (χ0v) is 13.6. The van der Waals surface area contributed by atoms with Crippen molar-refractivity contribution in [2.45, 2.75) is 18.9 Å². The van der Waals surface area contributed by atoms with E-state index in [9.17, 15) is 0 Å². The molecule has 3 rings (SSSR count). The van der Waals surface area contributed by atoms with Crippen molar-refractivity contribution in [1.29, 1.82) is 5.26 Å². The fourth-order valence-corrected chi connectivity index (χ4v) is 2.93. The molecule has 0 unspecified atom stereocenters. The van der Waals surface area contributed by atoms with Crippen LogP contribution in [0.25, 0.3) is 0 Å². The van der Waals surface area contributed by atoms with E-state index in [0.717, 1.165) is 31.2 Å². The van der Waals surface area contributed by atoms with Gasteiger partial charge in [0, 0.05) is 31.9 Å². The molecule has 1 N–H and O–H groups in total. The van der Waals surface area contributed by atoms with Gasteiger partial charge < -0.3 is 15.0 Å². The zero-order chi connectivity index (χ0) is 16.6. The lowest BCUT2D eigenvalue weighted by Gasteiger charge is -2.25. The van der Waals surface area contributed by atoms with Crippen LogP contribution in [-0.2, 0) is 0 Å². The highest BCUT2D eigenvalue weighted by Crippen LogP contribution is 2.22. The molecule has 1 aliphatic rings. The smallest absolute Gasteiger partial charge is 0.151 e. The van der Waals surface area contributed by atoms with Gasteiger partial charge in [-0.05, 0) is 49.2 Å². The maximum Gasteiger partial charge on any atom is 0.151 e. The summed E-state index contributed by atoms with van der Waals surface area (Å²) < 4.78 is 5.67. The number of anilines is 1. The Kier molecular flexibility index (Phi) is 5.59. The lowest BCUT2D eigenvalue weighted by Crippen LogP contribution is -2.39. The summed E-state index contributed by atoms with van der Waals surface area (Å²) >= 11 is 0. The summed E-state index contributed by atoms with van der Waals surface area (Å²) in [4.78, 5) is 2.32. The zero-order valence-electron chi connectivity index (χ0n) is 13.6. The molecule has 1 aliphatic heterocycles. The number of hydrogen-bond donors (Lipinski definition) is 1. The second-order valence-electron chi connectivity index (χ2n) is 5.76. The molecule has 0 bridgehead atoms. The van der Waals surface area contributed by atoms with E-state index >= 15 is 0 Å². The van der Waals surface area contributed by atoms with Crippen molar-refractivity contribution >= 4 is 5.82 Å². The monoisotopic (exact) mass is 323 g/mol. The highest BCUT2D eigenvalue weighted by atomic mass is 16.5. The number of hydrogen-bond acceptors (Lipinski definition) is 6. The molecule has 6 nitrogen and oxygen atoms in total. The first-order valence-corrected chi connectivity index (χ1v) is 8.25. The highest BCUT2D eigenvalue weighted by molar-refractivity contribution is 5.39. The van der Waals surface area contributed by atoms with Gasteiger partial charge in [-0.1, -0.05) is 0 Å². The van der Waals surface area contributed by atoms with Crippen molar-refractivity contribution in [3.05, 3.63) is 48.2 Å². The minimum absolute atomic E-state index is 0.455. The predicted octanol–water partition coefficient (Wildman–Crippen LogP) is 1.99.